The molecular weight excluding hydrogens is 313 g/mol. The highest BCUT2D eigenvalue weighted by Gasteiger charge is 2.23. The maximum atomic E-state index is 11.8. The monoisotopic (exact) mass is 335 g/mol. The molecule has 1 saturated carbocycles. The second-order valence-corrected chi connectivity index (χ2v) is 4.75. The van der Waals surface area contributed by atoms with E-state index < -0.39 is 0 Å². The highest BCUT2D eigenvalue weighted by Crippen LogP contribution is 2.39. The van der Waals surface area contributed by atoms with Gasteiger partial charge in [-0.25, -0.2) is 0 Å². The number of ether oxygens (including phenoxy) is 1. The molecule has 0 radical (unpaired) electrons. The van der Waals surface area contributed by atoms with Gasteiger partial charge in [0.1, 0.15) is 5.69 Å². The minimum atomic E-state index is -0.115. The molecule has 0 aliphatic heterocycles. The molecule has 0 aromatic carbocycles. The quantitative estimate of drug-likeness (QED) is 0.710. The first-order valence-corrected chi connectivity index (χ1v) is 6.75. The summed E-state index contributed by atoms with van der Waals surface area (Å²) in [6, 6.07) is 3.82. The average Bonchev–Trinajstić information content (AvgIpc) is 3.27. The SMILES string of the molecule is COCCNCCNC(=O)c1ccc(C2CC2)cn1.Cl.Cl. The van der Waals surface area contributed by atoms with Crippen molar-refractivity contribution in [3.05, 3.63) is 29.6 Å². The van der Waals surface area contributed by atoms with E-state index in [1.807, 2.05) is 12.3 Å². The molecule has 1 heterocycles. The molecule has 2 rings (SSSR count). The normalized spacial score (nSPS) is 13.0. The molecule has 1 aliphatic carbocycles. The molecule has 1 aromatic heterocycles. The van der Waals surface area contributed by atoms with Crippen LogP contribution in [0.15, 0.2) is 18.3 Å². The summed E-state index contributed by atoms with van der Waals surface area (Å²) >= 11 is 0. The van der Waals surface area contributed by atoms with E-state index in [9.17, 15) is 4.79 Å². The molecule has 0 spiro atoms. The lowest BCUT2D eigenvalue weighted by Gasteiger charge is -2.06. The number of carbonyl (C=O) groups excluding carboxylic acids is 1. The van der Waals surface area contributed by atoms with Crippen molar-refractivity contribution < 1.29 is 9.53 Å². The molecule has 21 heavy (non-hydrogen) atoms. The van der Waals surface area contributed by atoms with Crippen LogP contribution in [0.4, 0.5) is 0 Å². The van der Waals surface area contributed by atoms with Crippen LogP contribution in [0, 0.1) is 0 Å². The number of pyridine rings is 1. The second-order valence-electron chi connectivity index (χ2n) is 4.75. The molecule has 1 aromatic rings. The summed E-state index contributed by atoms with van der Waals surface area (Å²) < 4.78 is 4.91. The van der Waals surface area contributed by atoms with E-state index in [1.54, 1.807) is 13.2 Å². The van der Waals surface area contributed by atoms with Crippen molar-refractivity contribution in [1.29, 1.82) is 0 Å². The van der Waals surface area contributed by atoms with Gasteiger partial charge in [-0.15, -0.1) is 24.8 Å². The van der Waals surface area contributed by atoms with E-state index in [-0.39, 0.29) is 30.7 Å². The second kappa shape index (κ2) is 10.8. The van der Waals surface area contributed by atoms with E-state index in [4.69, 9.17) is 4.74 Å². The van der Waals surface area contributed by atoms with Crippen molar-refractivity contribution in [2.45, 2.75) is 18.8 Å². The van der Waals surface area contributed by atoms with Gasteiger partial charge in [-0.3, -0.25) is 9.78 Å². The number of nitrogens with zero attached hydrogens (tertiary/aromatic N) is 1. The summed E-state index contributed by atoms with van der Waals surface area (Å²) in [5, 5.41) is 6.00. The fourth-order valence-electron chi connectivity index (χ4n) is 1.85. The van der Waals surface area contributed by atoms with Crippen LogP contribution >= 0.6 is 24.8 Å². The first kappa shape index (κ1) is 20.1. The number of hydrogen-bond donors (Lipinski definition) is 2. The first-order valence-electron chi connectivity index (χ1n) is 6.75. The third kappa shape index (κ3) is 7.09. The summed E-state index contributed by atoms with van der Waals surface area (Å²) in [4.78, 5) is 16.0. The Morgan fingerprint density at radius 3 is 2.62 bits per heavy atom. The molecule has 0 saturated heterocycles. The van der Waals surface area contributed by atoms with Crippen molar-refractivity contribution in [2.24, 2.45) is 0 Å². The molecule has 2 N–H and O–H groups in total. The van der Waals surface area contributed by atoms with Crippen molar-refractivity contribution in [2.75, 3.05) is 33.4 Å². The average molecular weight is 336 g/mol. The Morgan fingerprint density at radius 2 is 2.05 bits per heavy atom. The Kier molecular flexibility index (Phi) is 10.3. The highest BCUT2D eigenvalue weighted by molar-refractivity contribution is 5.92. The maximum Gasteiger partial charge on any atom is 0.269 e. The van der Waals surface area contributed by atoms with E-state index in [0.717, 1.165) is 13.1 Å². The fourth-order valence-corrected chi connectivity index (χ4v) is 1.85. The van der Waals surface area contributed by atoms with Gasteiger partial charge < -0.3 is 15.4 Å². The third-order valence-corrected chi connectivity index (χ3v) is 3.14. The van der Waals surface area contributed by atoms with Crippen LogP contribution in [0.25, 0.3) is 0 Å². The molecule has 1 amide bonds. The maximum absolute atomic E-state index is 11.8. The predicted molar refractivity (Wildman–Crippen MR) is 87.8 cm³/mol. The van der Waals surface area contributed by atoms with Gasteiger partial charge in [-0.1, -0.05) is 6.07 Å². The Hall–Kier alpha value is -0.880. The largest absolute Gasteiger partial charge is 0.383 e. The van der Waals surface area contributed by atoms with Gasteiger partial charge in [0.05, 0.1) is 6.61 Å². The molecule has 0 bridgehead atoms. The number of halogens is 2. The van der Waals surface area contributed by atoms with Gasteiger partial charge in [-0.05, 0) is 30.4 Å². The summed E-state index contributed by atoms with van der Waals surface area (Å²) in [7, 11) is 1.67. The summed E-state index contributed by atoms with van der Waals surface area (Å²) in [5.74, 6) is 0.561. The topological polar surface area (TPSA) is 63.2 Å². The van der Waals surface area contributed by atoms with Gasteiger partial charge >= 0.3 is 0 Å². The number of hydrogen-bond acceptors (Lipinski definition) is 4. The minimum Gasteiger partial charge on any atom is -0.383 e. The van der Waals surface area contributed by atoms with Crippen LogP contribution in [0.2, 0.25) is 0 Å². The van der Waals surface area contributed by atoms with Gasteiger partial charge in [0.25, 0.3) is 5.91 Å². The number of methoxy groups -OCH3 is 1. The van der Waals surface area contributed by atoms with E-state index in [2.05, 4.69) is 15.6 Å². The summed E-state index contributed by atoms with van der Waals surface area (Å²) in [6.07, 6.45) is 4.32. The fraction of sp³-hybridized carbons (Fsp3) is 0.571. The van der Waals surface area contributed by atoms with Gasteiger partial charge in [-0.2, -0.15) is 0 Å². The molecule has 1 aliphatic rings. The zero-order chi connectivity index (χ0) is 13.5. The Bertz CT molecular complexity index is 411. The van der Waals surface area contributed by atoms with Crippen LogP contribution in [-0.2, 0) is 4.74 Å². The predicted octanol–water partition coefficient (Wildman–Crippen LogP) is 1.77. The lowest BCUT2D eigenvalue weighted by atomic mass is 10.2. The van der Waals surface area contributed by atoms with Crippen molar-refractivity contribution in [3.8, 4) is 0 Å². The molecule has 120 valence electrons. The van der Waals surface area contributed by atoms with Crippen LogP contribution in [-0.4, -0.2) is 44.2 Å². The summed E-state index contributed by atoms with van der Waals surface area (Å²) in [6.45, 7) is 2.79. The third-order valence-electron chi connectivity index (χ3n) is 3.14. The smallest absolute Gasteiger partial charge is 0.269 e. The van der Waals surface area contributed by atoms with Crippen molar-refractivity contribution in [3.63, 3.8) is 0 Å². The number of aromatic nitrogens is 1. The molecule has 7 heteroatoms. The number of carbonyl (C=O) groups is 1. The zero-order valence-electron chi connectivity index (χ0n) is 12.1. The summed E-state index contributed by atoms with van der Waals surface area (Å²) in [5.41, 5.74) is 1.74. The Labute approximate surface area is 138 Å². The standard InChI is InChI=1S/C14H21N3O2.2ClH/c1-19-9-8-15-6-7-16-14(18)13-5-4-12(10-17-13)11-2-3-11;;/h4-5,10-11,15H,2-3,6-9H2,1H3,(H,16,18);2*1H. The highest BCUT2D eigenvalue weighted by atomic mass is 35.5. The van der Waals surface area contributed by atoms with Crippen LogP contribution in [0.1, 0.15) is 34.8 Å². The Morgan fingerprint density at radius 1 is 1.29 bits per heavy atom. The van der Waals surface area contributed by atoms with Crippen LogP contribution < -0.4 is 10.6 Å². The van der Waals surface area contributed by atoms with Crippen LogP contribution in [0.5, 0.6) is 0 Å². The number of amides is 1. The number of nitrogens with one attached hydrogen (secondary N) is 2. The Balaban J connectivity index is 0.00000200. The van der Waals surface area contributed by atoms with Gasteiger partial charge in [0.15, 0.2) is 0 Å². The molecule has 5 nitrogen and oxygen atoms in total. The number of rotatable bonds is 8. The molecule has 0 atom stereocenters. The van der Waals surface area contributed by atoms with E-state index >= 15 is 0 Å². The van der Waals surface area contributed by atoms with Crippen molar-refractivity contribution in [1.82, 2.24) is 15.6 Å². The minimum absolute atomic E-state index is 0. The molecule has 0 unspecified atom stereocenters. The lowest BCUT2D eigenvalue weighted by molar-refractivity contribution is 0.0948. The van der Waals surface area contributed by atoms with E-state index in [0.29, 0.717) is 24.8 Å². The zero-order valence-corrected chi connectivity index (χ0v) is 13.8. The van der Waals surface area contributed by atoms with Gasteiger partial charge in [0, 0.05) is 32.9 Å². The molecule has 1 fully saturated rings. The van der Waals surface area contributed by atoms with Crippen molar-refractivity contribution >= 4 is 30.7 Å². The molecular formula is C14H23Cl2N3O2. The lowest BCUT2D eigenvalue weighted by Crippen LogP contribution is -2.33. The van der Waals surface area contributed by atoms with E-state index in [1.165, 1.54) is 18.4 Å². The van der Waals surface area contributed by atoms with Gasteiger partial charge in [0.2, 0.25) is 0 Å². The first-order chi connectivity index (χ1) is 9.31. The van der Waals surface area contributed by atoms with Crippen LogP contribution in [0.3, 0.4) is 0 Å².